The second-order valence-corrected chi connectivity index (χ2v) is 5.55. The molecule has 0 amide bonds. The molecule has 2 rings (SSSR count). The van der Waals surface area contributed by atoms with E-state index in [4.69, 9.17) is 15.9 Å². The molecular formula is C12H10BrClO2S. The molecular weight excluding hydrogens is 324 g/mol. The van der Waals surface area contributed by atoms with Crippen LogP contribution in [0.1, 0.15) is 5.56 Å². The lowest BCUT2D eigenvalue weighted by Gasteiger charge is -2.07. The average molecular weight is 334 g/mol. The van der Waals surface area contributed by atoms with Gasteiger partial charge < -0.3 is 0 Å². The van der Waals surface area contributed by atoms with Gasteiger partial charge in [0.2, 0.25) is 0 Å². The van der Waals surface area contributed by atoms with Gasteiger partial charge in [0.1, 0.15) is 0 Å². The summed E-state index contributed by atoms with van der Waals surface area (Å²) < 4.78 is 5.78. The molecule has 0 heterocycles. The average Bonchev–Trinajstić information content (AvgIpc) is 2.29. The van der Waals surface area contributed by atoms with Crippen molar-refractivity contribution in [1.82, 2.24) is 0 Å². The molecule has 17 heavy (non-hydrogen) atoms. The minimum absolute atomic E-state index is 0.699. The molecule has 0 aromatic heterocycles. The van der Waals surface area contributed by atoms with Crippen molar-refractivity contribution in [2.45, 2.75) is 11.8 Å². The molecule has 0 saturated carbocycles. The summed E-state index contributed by atoms with van der Waals surface area (Å²) in [6.07, 6.45) is 0. The Morgan fingerprint density at radius 3 is 2.59 bits per heavy atom. The molecule has 0 aliphatic heterocycles. The molecule has 2 aromatic rings. The van der Waals surface area contributed by atoms with Crippen LogP contribution in [-0.2, 0) is 9.22 Å². The Morgan fingerprint density at radius 1 is 1.18 bits per heavy atom. The second kappa shape index (κ2) is 5.59. The van der Waals surface area contributed by atoms with Crippen LogP contribution in [-0.4, -0.2) is 7.11 Å². The first-order chi connectivity index (χ1) is 8.11. The van der Waals surface area contributed by atoms with Crippen molar-refractivity contribution in [3.63, 3.8) is 0 Å². The van der Waals surface area contributed by atoms with Gasteiger partial charge in [0.25, 0.3) is 0 Å². The van der Waals surface area contributed by atoms with Crippen molar-refractivity contribution in [1.29, 1.82) is 0 Å². The van der Waals surface area contributed by atoms with E-state index in [0.29, 0.717) is 5.02 Å². The van der Waals surface area contributed by atoms with Crippen LogP contribution < -0.4 is 0 Å². The first kappa shape index (κ1) is 13.2. The van der Waals surface area contributed by atoms with Gasteiger partial charge in [-0.05, 0) is 57.4 Å². The third-order valence-electron chi connectivity index (χ3n) is 2.37. The molecule has 0 N–H and O–H groups in total. The van der Waals surface area contributed by atoms with Gasteiger partial charge in [0, 0.05) is 9.37 Å². The Balaban J connectivity index is 2.51. The van der Waals surface area contributed by atoms with E-state index in [-0.39, 0.29) is 0 Å². The largest absolute Gasteiger partial charge is 0.227 e. The number of halogens is 2. The summed E-state index contributed by atoms with van der Waals surface area (Å²) in [5.41, 5.74) is 1.13. The molecule has 0 spiro atoms. The summed E-state index contributed by atoms with van der Waals surface area (Å²) in [7, 11) is 1.48. The molecule has 0 unspecified atom stereocenters. The van der Waals surface area contributed by atoms with E-state index >= 15 is 0 Å². The minimum Gasteiger partial charge on any atom is -0.227 e. The van der Waals surface area contributed by atoms with Crippen molar-refractivity contribution in [2.24, 2.45) is 0 Å². The lowest BCUT2D eigenvalue weighted by atomic mass is 10.1. The summed E-state index contributed by atoms with van der Waals surface area (Å²) in [6, 6.07) is 8.07. The van der Waals surface area contributed by atoms with Gasteiger partial charge in [0.05, 0.1) is 24.2 Å². The van der Waals surface area contributed by atoms with Crippen molar-refractivity contribution in [3.05, 3.63) is 39.3 Å². The molecule has 0 fully saturated rings. The van der Waals surface area contributed by atoms with E-state index in [2.05, 4.69) is 26.9 Å². The third-order valence-corrected chi connectivity index (χ3v) is 4.39. The molecule has 0 aliphatic rings. The summed E-state index contributed by atoms with van der Waals surface area (Å²) in [5, 5.41) is 2.91. The highest BCUT2D eigenvalue weighted by Gasteiger charge is 2.06. The topological polar surface area (TPSA) is 18.5 Å². The van der Waals surface area contributed by atoms with Crippen LogP contribution in [0.2, 0.25) is 5.02 Å². The van der Waals surface area contributed by atoms with Crippen LogP contribution in [0.15, 0.2) is 33.6 Å². The van der Waals surface area contributed by atoms with Crippen LogP contribution in [0.4, 0.5) is 0 Å². The van der Waals surface area contributed by atoms with Crippen molar-refractivity contribution < 1.29 is 9.22 Å². The van der Waals surface area contributed by atoms with Crippen LogP contribution in [0, 0.1) is 6.92 Å². The van der Waals surface area contributed by atoms with Crippen molar-refractivity contribution in [3.8, 4) is 0 Å². The van der Waals surface area contributed by atoms with Crippen LogP contribution in [0.3, 0.4) is 0 Å². The lowest BCUT2D eigenvalue weighted by molar-refractivity contribution is -0.160. The maximum absolute atomic E-state index is 6.07. The van der Waals surface area contributed by atoms with Crippen LogP contribution in [0.5, 0.6) is 0 Å². The molecule has 0 atom stereocenters. The summed E-state index contributed by atoms with van der Waals surface area (Å²) in [4.78, 5) is 5.60. The van der Waals surface area contributed by atoms with Crippen LogP contribution in [0.25, 0.3) is 10.8 Å². The number of rotatable bonds is 3. The third kappa shape index (κ3) is 2.95. The Hall–Kier alpha value is -0.260. The SMILES string of the molecule is COOSc1cc2cc(Cl)c(Br)cc2cc1C. The van der Waals surface area contributed by atoms with Crippen molar-refractivity contribution >= 4 is 50.3 Å². The maximum Gasteiger partial charge on any atom is 0.0725 e. The molecule has 2 nitrogen and oxygen atoms in total. The first-order valence-electron chi connectivity index (χ1n) is 4.88. The minimum atomic E-state index is 0.699. The zero-order chi connectivity index (χ0) is 12.4. The van der Waals surface area contributed by atoms with Crippen molar-refractivity contribution in [2.75, 3.05) is 7.11 Å². The second-order valence-electron chi connectivity index (χ2n) is 3.55. The predicted molar refractivity (Wildman–Crippen MR) is 75.3 cm³/mol. The zero-order valence-electron chi connectivity index (χ0n) is 9.29. The predicted octanol–water partition coefficient (Wildman–Crippen LogP) is 5.15. The molecule has 90 valence electrons. The number of fused-ring (bicyclic) bond motifs is 1. The van der Waals surface area contributed by atoms with Gasteiger partial charge in [-0.15, -0.1) is 0 Å². The van der Waals surface area contributed by atoms with Gasteiger partial charge in [0.15, 0.2) is 0 Å². The quantitative estimate of drug-likeness (QED) is 0.440. The highest BCUT2D eigenvalue weighted by atomic mass is 79.9. The van der Waals surface area contributed by atoms with E-state index in [1.807, 2.05) is 25.1 Å². The van der Waals surface area contributed by atoms with Crippen LogP contribution >= 0.6 is 39.6 Å². The first-order valence-corrected chi connectivity index (χ1v) is 6.80. The smallest absolute Gasteiger partial charge is 0.0725 e. The van der Waals surface area contributed by atoms with E-state index in [0.717, 1.165) is 25.7 Å². The van der Waals surface area contributed by atoms with Gasteiger partial charge in [-0.25, -0.2) is 4.89 Å². The van der Waals surface area contributed by atoms with Gasteiger partial charge >= 0.3 is 0 Å². The Bertz CT molecular complexity index is 560. The van der Waals surface area contributed by atoms with Gasteiger partial charge in [-0.2, -0.15) is 4.33 Å². The zero-order valence-corrected chi connectivity index (χ0v) is 12.4. The number of aryl methyl sites for hydroxylation is 1. The highest BCUT2D eigenvalue weighted by Crippen LogP contribution is 2.33. The summed E-state index contributed by atoms with van der Waals surface area (Å²) in [5.74, 6) is 0. The Labute approximate surface area is 118 Å². The summed E-state index contributed by atoms with van der Waals surface area (Å²) >= 11 is 10.7. The monoisotopic (exact) mass is 332 g/mol. The standard InChI is InChI=1S/C12H10BrClO2S/c1-7-3-8-4-10(13)11(14)5-9(8)6-12(7)17-16-15-2/h3-6H,1-2H3. The maximum atomic E-state index is 6.07. The van der Waals surface area contributed by atoms with E-state index < -0.39 is 0 Å². The normalized spacial score (nSPS) is 11.1. The lowest BCUT2D eigenvalue weighted by Crippen LogP contribution is -1.84. The van der Waals surface area contributed by atoms with Gasteiger partial charge in [-0.3, -0.25) is 0 Å². The Morgan fingerprint density at radius 2 is 1.88 bits per heavy atom. The van der Waals surface area contributed by atoms with E-state index in [1.165, 1.54) is 19.2 Å². The Kier molecular flexibility index (Phi) is 4.33. The van der Waals surface area contributed by atoms with Gasteiger partial charge in [-0.1, -0.05) is 17.7 Å². The fourth-order valence-corrected chi connectivity index (χ4v) is 2.59. The molecule has 2 aromatic carbocycles. The molecule has 0 radical (unpaired) electrons. The number of hydrogen-bond donors (Lipinski definition) is 0. The fourth-order valence-electron chi connectivity index (χ4n) is 1.55. The molecule has 5 heteroatoms. The fraction of sp³-hybridized carbons (Fsp3) is 0.167. The molecule has 0 aliphatic carbocycles. The number of benzene rings is 2. The molecule has 0 bridgehead atoms. The molecule has 0 saturated heterocycles. The van der Waals surface area contributed by atoms with E-state index in [9.17, 15) is 0 Å². The summed E-state index contributed by atoms with van der Waals surface area (Å²) in [6.45, 7) is 2.03. The highest BCUT2D eigenvalue weighted by molar-refractivity contribution is 9.10. The van der Waals surface area contributed by atoms with E-state index in [1.54, 1.807) is 0 Å². The number of hydrogen-bond acceptors (Lipinski definition) is 3.